The molecular formula is C42H59N5O4. The number of ether oxygens (including phenoxy) is 3. The number of benzene rings is 2. The van der Waals surface area contributed by atoms with Crippen LogP contribution >= 0.6 is 0 Å². The minimum absolute atomic E-state index is 0.271. The zero-order chi connectivity index (χ0) is 36.8. The van der Waals surface area contributed by atoms with E-state index in [-0.39, 0.29) is 5.91 Å². The third-order valence-electron chi connectivity index (χ3n) is 9.77. The first kappa shape index (κ1) is 39.6. The highest BCUT2D eigenvalue weighted by atomic mass is 16.5. The van der Waals surface area contributed by atoms with Gasteiger partial charge in [-0.15, -0.1) is 0 Å². The summed E-state index contributed by atoms with van der Waals surface area (Å²) in [5.41, 5.74) is 8.05. The average molecular weight is 698 g/mol. The predicted molar refractivity (Wildman–Crippen MR) is 209 cm³/mol. The van der Waals surface area contributed by atoms with Crippen molar-refractivity contribution in [2.45, 2.75) is 78.6 Å². The molecule has 3 aromatic rings. The van der Waals surface area contributed by atoms with Crippen molar-refractivity contribution in [3.05, 3.63) is 83.2 Å². The van der Waals surface area contributed by atoms with Gasteiger partial charge >= 0.3 is 0 Å². The third kappa shape index (κ3) is 11.1. The number of carbonyl (C=O) groups excluding carboxylic acids is 1. The van der Waals surface area contributed by atoms with E-state index in [1.807, 2.05) is 12.1 Å². The van der Waals surface area contributed by atoms with Crippen molar-refractivity contribution in [1.82, 2.24) is 14.9 Å². The number of rotatable bonds is 19. The minimum Gasteiger partial charge on any atom is -0.495 e. The molecular weight excluding hydrogens is 638 g/mol. The second-order valence-electron chi connectivity index (χ2n) is 13.9. The Hall–Kier alpha value is -4.21. The Morgan fingerprint density at radius 1 is 1.14 bits per heavy atom. The number of aryl methyl sites for hydroxylation is 1. The molecule has 0 radical (unpaired) electrons. The molecule has 0 aliphatic heterocycles. The van der Waals surface area contributed by atoms with Gasteiger partial charge in [0.25, 0.3) is 0 Å². The Morgan fingerprint density at radius 3 is 2.67 bits per heavy atom. The standard InChI is InChI=1S/C42H59N5O4/c1-9-30-17-14-18-31-19-15-20-34(35(31)25-30)33(10-2)41-39(51-23-22-49-7)28-43-42(46-41)45-37-27-36(44-40(48)11-3)32(26-38(37)50-8)24-29(4)16-12-13-21-47(5)6/h10-11,15,19-20,26-30H,3,9,12-14,16-18,21-25H2,1-2,4-8H3,(H,44,48)(H,43,45,46). The van der Waals surface area contributed by atoms with E-state index in [0.717, 1.165) is 62.6 Å². The van der Waals surface area contributed by atoms with Crippen LogP contribution in [0.2, 0.25) is 0 Å². The fourth-order valence-corrected chi connectivity index (χ4v) is 6.94. The summed E-state index contributed by atoms with van der Waals surface area (Å²) in [7, 11) is 7.52. The number of fused-ring (bicyclic) bond motifs is 1. The van der Waals surface area contributed by atoms with Gasteiger partial charge in [-0.1, -0.05) is 64.0 Å². The van der Waals surface area contributed by atoms with E-state index in [0.29, 0.717) is 59.6 Å². The lowest BCUT2D eigenvalue weighted by atomic mass is 9.87. The Morgan fingerprint density at radius 2 is 1.96 bits per heavy atom. The lowest BCUT2D eigenvalue weighted by molar-refractivity contribution is -0.111. The normalized spacial score (nSPS) is 15.1. The fourth-order valence-electron chi connectivity index (χ4n) is 6.94. The predicted octanol–water partition coefficient (Wildman–Crippen LogP) is 8.65. The zero-order valence-electron chi connectivity index (χ0n) is 31.9. The quantitative estimate of drug-likeness (QED) is 0.0730. The van der Waals surface area contributed by atoms with Gasteiger partial charge in [0.1, 0.15) is 18.1 Å². The summed E-state index contributed by atoms with van der Waals surface area (Å²) >= 11 is 0. The van der Waals surface area contributed by atoms with Crippen LogP contribution < -0.4 is 20.1 Å². The Kier molecular flexibility index (Phi) is 15.5. The van der Waals surface area contributed by atoms with Crippen LogP contribution in [0.5, 0.6) is 11.5 Å². The highest BCUT2D eigenvalue weighted by molar-refractivity contribution is 6.00. The number of carbonyl (C=O) groups is 1. The van der Waals surface area contributed by atoms with Crippen LogP contribution in [0.3, 0.4) is 0 Å². The first-order chi connectivity index (χ1) is 24.7. The van der Waals surface area contributed by atoms with Gasteiger partial charge in [-0.05, 0) is 118 Å². The van der Waals surface area contributed by atoms with Gasteiger partial charge in [-0.3, -0.25) is 4.79 Å². The number of hydrogen-bond donors (Lipinski definition) is 2. The van der Waals surface area contributed by atoms with Crippen LogP contribution in [-0.2, 0) is 28.8 Å². The van der Waals surface area contributed by atoms with E-state index in [4.69, 9.17) is 19.2 Å². The molecule has 0 spiro atoms. The van der Waals surface area contributed by atoms with Crippen molar-refractivity contribution < 1.29 is 19.0 Å². The molecule has 2 unspecified atom stereocenters. The van der Waals surface area contributed by atoms with Crippen molar-refractivity contribution in [3.8, 4) is 11.5 Å². The van der Waals surface area contributed by atoms with E-state index in [9.17, 15) is 4.79 Å². The Balaban J connectivity index is 1.72. The molecule has 1 amide bonds. The van der Waals surface area contributed by atoms with Crippen molar-refractivity contribution in [1.29, 1.82) is 0 Å². The van der Waals surface area contributed by atoms with Crippen LogP contribution in [-0.4, -0.2) is 68.8 Å². The number of aromatic nitrogens is 2. The number of nitrogens with zero attached hydrogens (tertiary/aromatic N) is 3. The first-order valence-corrected chi connectivity index (χ1v) is 18.5. The van der Waals surface area contributed by atoms with Gasteiger partial charge in [-0.25, -0.2) is 9.97 Å². The van der Waals surface area contributed by atoms with Gasteiger partial charge in [-0.2, -0.15) is 0 Å². The molecule has 1 heterocycles. The van der Waals surface area contributed by atoms with Crippen LogP contribution in [0.4, 0.5) is 17.3 Å². The topological polar surface area (TPSA) is 97.8 Å². The van der Waals surface area contributed by atoms with E-state index in [2.05, 4.69) is 86.2 Å². The van der Waals surface area contributed by atoms with Crippen LogP contribution in [0.1, 0.15) is 87.2 Å². The molecule has 4 rings (SSSR count). The highest BCUT2D eigenvalue weighted by Crippen LogP contribution is 2.39. The molecule has 2 N–H and O–H groups in total. The maximum atomic E-state index is 12.6. The van der Waals surface area contributed by atoms with Crippen LogP contribution in [0, 0.1) is 11.8 Å². The first-order valence-electron chi connectivity index (χ1n) is 18.5. The third-order valence-corrected chi connectivity index (χ3v) is 9.77. The van der Waals surface area contributed by atoms with E-state index < -0.39 is 0 Å². The fraction of sp³-hybridized carbons (Fsp3) is 0.500. The maximum absolute atomic E-state index is 12.6. The largest absolute Gasteiger partial charge is 0.495 e. The van der Waals surface area contributed by atoms with Gasteiger partial charge in [0, 0.05) is 18.4 Å². The van der Waals surface area contributed by atoms with Crippen molar-refractivity contribution >= 4 is 28.8 Å². The second kappa shape index (κ2) is 20.0. The van der Waals surface area contributed by atoms with E-state index in [1.165, 1.54) is 35.6 Å². The summed E-state index contributed by atoms with van der Waals surface area (Å²) in [6.45, 7) is 12.2. The van der Waals surface area contributed by atoms with Crippen molar-refractivity contribution in [3.63, 3.8) is 0 Å². The van der Waals surface area contributed by atoms with Crippen molar-refractivity contribution in [2.24, 2.45) is 11.8 Å². The van der Waals surface area contributed by atoms with Crippen molar-refractivity contribution in [2.75, 3.05) is 58.7 Å². The number of nitrogens with one attached hydrogen (secondary N) is 2. The number of allylic oxidation sites excluding steroid dienone is 1. The summed E-state index contributed by atoms with van der Waals surface area (Å²) in [5.74, 6) is 2.42. The summed E-state index contributed by atoms with van der Waals surface area (Å²) in [6, 6.07) is 10.5. The summed E-state index contributed by atoms with van der Waals surface area (Å²) in [6.07, 6.45) is 15.1. The summed E-state index contributed by atoms with van der Waals surface area (Å²) in [4.78, 5) is 24.6. The molecule has 2 atom stereocenters. The lowest BCUT2D eigenvalue weighted by Gasteiger charge is -2.21. The van der Waals surface area contributed by atoms with Crippen LogP contribution in [0.25, 0.3) is 5.57 Å². The Labute approximate surface area is 305 Å². The van der Waals surface area contributed by atoms with Gasteiger partial charge < -0.3 is 29.7 Å². The number of methoxy groups -OCH3 is 2. The molecule has 9 nitrogen and oxygen atoms in total. The maximum Gasteiger partial charge on any atom is 0.247 e. The Bertz CT molecular complexity index is 1640. The average Bonchev–Trinajstić information content (AvgIpc) is 3.35. The van der Waals surface area contributed by atoms with Gasteiger partial charge in [0.15, 0.2) is 5.75 Å². The molecule has 0 bridgehead atoms. The molecule has 9 heteroatoms. The monoisotopic (exact) mass is 697 g/mol. The summed E-state index contributed by atoms with van der Waals surface area (Å²) < 4.78 is 17.4. The van der Waals surface area contributed by atoms with E-state index in [1.54, 1.807) is 20.4 Å². The number of hydrogen-bond acceptors (Lipinski definition) is 8. The number of amides is 1. The lowest BCUT2D eigenvalue weighted by Crippen LogP contribution is -2.14. The second-order valence-corrected chi connectivity index (χ2v) is 13.9. The zero-order valence-corrected chi connectivity index (χ0v) is 31.9. The molecule has 0 saturated carbocycles. The molecule has 0 saturated heterocycles. The van der Waals surface area contributed by atoms with Crippen LogP contribution in [0.15, 0.2) is 55.3 Å². The highest BCUT2D eigenvalue weighted by Gasteiger charge is 2.23. The molecule has 1 aliphatic carbocycles. The molecule has 276 valence electrons. The van der Waals surface area contributed by atoms with Gasteiger partial charge in [0.05, 0.1) is 25.6 Å². The molecule has 51 heavy (non-hydrogen) atoms. The molecule has 1 aliphatic rings. The smallest absolute Gasteiger partial charge is 0.247 e. The van der Waals surface area contributed by atoms with E-state index >= 15 is 0 Å². The number of unbranched alkanes of at least 4 members (excludes halogenated alkanes) is 1. The SMILES string of the molecule is C=CC(=O)Nc1cc(Nc2ncc(OCCOC)c(C(=CC)c3cccc4c3CC(CC)CCC4)n2)c(OC)cc1CC(C)CCCCN(C)C. The minimum atomic E-state index is -0.271. The molecule has 1 aromatic heterocycles. The summed E-state index contributed by atoms with van der Waals surface area (Å²) in [5, 5.41) is 6.43. The van der Waals surface area contributed by atoms with Gasteiger partial charge in [0.2, 0.25) is 11.9 Å². The molecule has 2 aromatic carbocycles. The molecule has 0 fully saturated rings. The number of anilines is 3.